The van der Waals surface area contributed by atoms with Gasteiger partial charge in [0.05, 0.1) is 24.7 Å². The molecule has 0 aromatic rings. The van der Waals surface area contributed by atoms with E-state index in [1.54, 1.807) is 0 Å². The number of fused-ring (bicyclic) bond motifs is 2. The summed E-state index contributed by atoms with van der Waals surface area (Å²) in [5, 5.41) is 0. The molecule has 0 amide bonds. The molecule has 0 spiro atoms. The van der Waals surface area contributed by atoms with Crippen molar-refractivity contribution in [3.8, 4) is 0 Å². The van der Waals surface area contributed by atoms with Crippen molar-refractivity contribution in [2.75, 3.05) is 13.2 Å². The fourth-order valence-corrected chi connectivity index (χ4v) is 3.24. The van der Waals surface area contributed by atoms with Crippen molar-refractivity contribution in [2.24, 2.45) is 11.8 Å². The fourth-order valence-electron chi connectivity index (χ4n) is 3.24. The molecule has 0 aromatic carbocycles. The number of hydrogen-bond donors (Lipinski definition) is 0. The fraction of sp³-hybridized carbons (Fsp3) is 0.765. The van der Waals surface area contributed by atoms with Gasteiger partial charge in [-0.05, 0) is 38.0 Å². The van der Waals surface area contributed by atoms with Gasteiger partial charge in [-0.3, -0.25) is 4.79 Å². The Kier molecular flexibility index (Phi) is 5.83. The number of carbonyl (C=O) groups is 2. The Morgan fingerprint density at radius 3 is 2.43 bits per heavy atom. The van der Waals surface area contributed by atoms with Gasteiger partial charge < -0.3 is 9.47 Å². The molecule has 2 unspecified atom stereocenters. The summed E-state index contributed by atoms with van der Waals surface area (Å²) in [7, 11) is 0. The molecule has 0 heterocycles. The summed E-state index contributed by atoms with van der Waals surface area (Å²) in [6.07, 6.45) is 6.51. The van der Waals surface area contributed by atoms with Crippen molar-refractivity contribution in [1.29, 1.82) is 0 Å². The molecule has 0 aromatic heterocycles. The van der Waals surface area contributed by atoms with Crippen LogP contribution in [-0.4, -0.2) is 25.2 Å². The van der Waals surface area contributed by atoms with Gasteiger partial charge in [0, 0.05) is 0 Å². The SMILES string of the molecule is CCCCOC(=O)C1=C2CCC(C2)C1C(=O)OCCCC. The van der Waals surface area contributed by atoms with Crippen LogP contribution in [-0.2, 0) is 19.1 Å². The number of esters is 2. The minimum Gasteiger partial charge on any atom is -0.465 e. The van der Waals surface area contributed by atoms with Crippen LogP contribution in [0.15, 0.2) is 11.1 Å². The quantitative estimate of drug-likeness (QED) is 0.508. The number of unbranched alkanes of at least 4 members (excludes halogenated alkanes) is 2. The van der Waals surface area contributed by atoms with Gasteiger partial charge in [0.2, 0.25) is 0 Å². The highest BCUT2D eigenvalue weighted by atomic mass is 16.5. The van der Waals surface area contributed by atoms with Crippen molar-refractivity contribution >= 4 is 11.9 Å². The van der Waals surface area contributed by atoms with Gasteiger partial charge in [-0.25, -0.2) is 4.79 Å². The van der Waals surface area contributed by atoms with Gasteiger partial charge >= 0.3 is 11.9 Å². The summed E-state index contributed by atoms with van der Waals surface area (Å²) < 4.78 is 10.7. The lowest BCUT2D eigenvalue weighted by Crippen LogP contribution is -2.29. The van der Waals surface area contributed by atoms with Gasteiger partial charge in [0.1, 0.15) is 0 Å². The minimum atomic E-state index is -0.375. The summed E-state index contributed by atoms with van der Waals surface area (Å²) in [6.45, 7) is 5.01. The Morgan fingerprint density at radius 1 is 1.10 bits per heavy atom. The van der Waals surface area contributed by atoms with Crippen LogP contribution in [0.2, 0.25) is 0 Å². The maximum atomic E-state index is 12.3. The van der Waals surface area contributed by atoms with Gasteiger partial charge in [-0.15, -0.1) is 0 Å². The molecule has 0 radical (unpaired) electrons. The maximum Gasteiger partial charge on any atom is 0.334 e. The van der Waals surface area contributed by atoms with E-state index in [1.165, 1.54) is 0 Å². The molecule has 0 aliphatic heterocycles. The van der Waals surface area contributed by atoms with Gasteiger partial charge in [0.25, 0.3) is 0 Å². The molecule has 2 aliphatic carbocycles. The standard InChI is InChI=1S/C17H26O4/c1-3-5-9-20-16(18)14-12-7-8-13(11-12)15(14)17(19)21-10-6-4-2/h12,14H,3-11H2,1-2H3. The Balaban J connectivity index is 1.99. The van der Waals surface area contributed by atoms with E-state index < -0.39 is 0 Å². The van der Waals surface area contributed by atoms with E-state index in [1.807, 2.05) is 0 Å². The number of ether oxygens (including phenoxy) is 2. The number of rotatable bonds is 8. The third-order valence-electron chi connectivity index (χ3n) is 4.44. The zero-order chi connectivity index (χ0) is 15.2. The number of hydrogen-bond acceptors (Lipinski definition) is 4. The monoisotopic (exact) mass is 294 g/mol. The summed E-state index contributed by atoms with van der Waals surface area (Å²) in [5.41, 5.74) is 1.74. The van der Waals surface area contributed by atoms with Gasteiger partial charge in [-0.2, -0.15) is 0 Å². The van der Waals surface area contributed by atoms with E-state index in [2.05, 4.69) is 13.8 Å². The second kappa shape index (κ2) is 7.62. The van der Waals surface area contributed by atoms with E-state index in [4.69, 9.17) is 9.47 Å². The summed E-state index contributed by atoms with van der Waals surface area (Å²) >= 11 is 0. The van der Waals surface area contributed by atoms with Crippen molar-refractivity contribution in [1.82, 2.24) is 0 Å². The van der Waals surface area contributed by atoms with Crippen LogP contribution in [0.25, 0.3) is 0 Å². The molecule has 118 valence electrons. The van der Waals surface area contributed by atoms with Crippen LogP contribution in [0, 0.1) is 11.8 Å². The minimum absolute atomic E-state index is 0.231. The Morgan fingerprint density at radius 2 is 1.76 bits per heavy atom. The molecule has 21 heavy (non-hydrogen) atoms. The summed E-state index contributed by atoms with van der Waals surface area (Å²) in [4.78, 5) is 24.6. The zero-order valence-corrected chi connectivity index (χ0v) is 13.2. The third kappa shape index (κ3) is 3.66. The maximum absolute atomic E-state index is 12.3. The molecule has 2 rings (SSSR count). The molecule has 2 bridgehead atoms. The average molecular weight is 294 g/mol. The van der Waals surface area contributed by atoms with E-state index >= 15 is 0 Å². The van der Waals surface area contributed by atoms with Gasteiger partial charge in [-0.1, -0.05) is 32.3 Å². The Bertz CT molecular complexity index is 425. The lowest BCUT2D eigenvalue weighted by molar-refractivity contribution is -0.152. The summed E-state index contributed by atoms with van der Waals surface area (Å²) in [6, 6.07) is 0. The first-order valence-corrected chi connectivity index (χ1v) is 8.24. The van der Waals surface area contributed by atoms with Crippen molar-refractivity contribution in [3.05, 3.63) is 11.1 Å². The molecular formula is C17H26O4. The molecular weight excluding hydrogens is 268 g/mol. The first-order chi connectivity index (χ1) is 10.2. The second-order valence-electron chi connectivity index (χ2n) is 6.01. The van der Waals surface area contributed by atoms with Crippen molar-refractivity contribution < 1.29 is 19.1 Å². The molecule has 0 N–H and O–H groups in total. The van der Waals surface area contributed by atoms with E-state index in [0.29, 0.717) is 18.8 Å². The predicted molar refractivity (Wildman–Crippen MR) is 79.6 cm³/mol. The highest BCUT2D eigenvalue weighted by Gasteiger charge is 2.47. The van der Waals surface area contributed by atoms with Crippen LogP contribution < -0.4 is 0 Å². The van der Waals surface area contributed by atoms with Crippen LogP contribution in [0.5, 0.6) is 0 Å². The largest absolute Gasteiger partial charge is 0.465 e. The molecule has 0 saturated heterocycles. The molecule has 2 aliphatic rings. The molecule has 2 atom stereocenters. The van der Waals surface area contributed by atoms with Crippen LogP contribution in [0.1, 0.15) is 58.8 Å². The smallest absolute Gasteiger partial charge is 0.334 e. The van der Waals surface area contributed by atoms with E-state index in [-0.39, 0.29) is 23.8 Å². The Hall–Kier alpha value is -1.32. The second-order valence-corrected chi connectivity index (χ2v) is 6.01. The first kappa shape index (κ1) is 16.1. The van der Waals surface area contributed by atoms with Crippen LogP contribution in [0.4, 0.5) is 0 Å². The summed E-state index contributed by atoms with van der Waals surface area (Å²) in [5.74, 6) is -0.647. The highest BCUT2D eigenvalue weighted by molar-refractivity contribution is 5.97. The van der Waals surface area contributed by atoms with Crippen molar-refractivity contribution in [3.63, 3.8) is 0 Å². The lowest BCUT2D eigenvalue weighted by atomic mass is 9.86. The van der Waals surface area contributed by atoms with E-state index in [0.717, 1.165) is 50.5 Å². The Labute approximate surface area is 126 Å². The molecule has 4 nitrogen and oxygen atoms in total. The third-order valence-corrected chi connectivity index (χ3v) is 4.44. The topological polar surface area (TPSA) is 52.6 Å². The van der Waals surface area contributed by atoms with Crippen molar-refractivity contribution in [2.45, 2.75) is 58.8 Å². The average Bonchev–Trinajstić information content (AvgIpc) is 3.08. The number of carbonyl (C=O) groups excluding carboxylic acids is 2. The van der Waals surface area contributed by atoms with Crippen LogP contribution in [0.3, 0.4) is 0 Å². The molecule has 1 saturated carbocycles. The lowest BCUT2D eigenvalue weighted by Gasteiger charge is -2.22. The normalized spacial score (nSPS) is 23.5. The zero-order valence-electron chi connectivity index (χ0n) is 13.2. The van der Waals surface area contributed by atoms with E-state index in [9.17, 15) is 9.59 Å². The highest BCUT2D eigenvalue weighted by Crippen LogP contribution is 2.49. The molecule has 4 heteroatoms. The first-order valence-electron chi connectivity index (χ1n) is 8.24. The molecule has 1 fully saturated rings. The number of allylic oxidation sites excluding steroid dienone is 1. The van der Waals surface area contributed by atoms with Gasteiger partial charge in [0.15, 0.2) is 0 Å². The predicted octanol–water partition coefficient (Wildman–Crippen LogP) is 3.40. The van der Waals surface area contributed by atoms with Crippen LogP contribution >= 0.6 is 0 Å².